The first-order chi connectivity index (χ1) is 27.8. The number of rotatable bonds is 7. The number of para-hydroxylation sites is 2. The Hall–Kier alpha value is -6.20. The summed E-state index contributed by atoms with van der Waals surface area (Å²) >= 11 is 3.90. The molecule has 0 radical (unpaired) electrons. The Morgan fingerprint density at radius 3 is 1.93 bits per heavy atom. The Kier molecular flexibility index (Phi) is 8.19. The molecule has 0 aliphatic heterocycles. The van der Waals surface area contributed by atoms with Crippen molar-refractivity contribution < 1.29 is 0 Å². The molecule has 0 bridgehead atoms. The predicted molar refractivity (Wildman–Crippen MR) is 243 cm³/mol. The largest absolute Gasteiger partial charge is 0.334 e. The van der Waals surface area contributed by atoms with Crippen LogP contribution in [0.15, 0.2) is 182 Å². The summed E-state index contributed by atoms with van der Waals surface area (Å²) in [6, 6.07) is 62.3. The van der Waals surface area contributed by atoms with Crippen molar-refractivity contribution in [2.24, 2.45) is 0 Å². The standard InChI is InChI=1S/C52H38N2S2/c1-4-15-35(16-5-1)36-27-29-40(30-28-36)53(38-18-6-2-7-19-38)46-25-14-24-43-45-34-41(31-32-49(45)55-51(43)46)54(39-20-8-3-9-21-39)47-33-37-17-10-11-22-42(37)52-50(47)44-23-12-13-26-48(44)56-52/h1-24,26-33,41,46H,25,34H2. The fourth-order valence-corrected chi connectivity index (χ4v) is 11.6. The van der Waals surface area contributed by atoms with Gasteiger partial charge in [0.05, 0.1) is 17.8 Å². The maximum atomic E-state index is 2.62. The summed E-state index contributed by atoms with van der Waals surface area (Å²) in [5.74, 6) is 0. The van der Waals surface area contributed by atoms with E-state index < -0.39 is 0 Å². The number of benzene rings is 7. The lowest BCUT2D eigenvalue weighted by Gasteiger charge is -2.36. The van der Waals surface area contributed by atoms with E-state index >= 15 is 0 Å². The number of fused-ring (bicyclic) bond motifs is 8. The number of thiophene rings is 2. The molecule has 2 aliphatic rings. The summed E-state index contributed by atoms with van der Waals surface area (Å²) in [7, 11) is 0. The van der Waals surface area contributed by atoms with E-state index in [1.165, 1.54) is 85.7 Å². The molecule has 0 saturated heterocycles. The minimum Gasteiger partial charge on any atom is -0.334 e. The van der Waals surface area contributed by atoms with Crippen LogP contribution in [-0.4, -0.2) is 6.04 Å². The Morgan fingerprint density at radius 2 is 1.16 bits per heavy atom. The number of anilines is 4. The molecular formula is C52H38N2S2. The van der Waals surface area contributed by atoms with Gasteiger partial charge in [-0.05, 0) is 100 Å². The quantitative estimate of drug-likeness (QED) is 0.160. The highest BCUT2D eigenvalue weighted by Gasteiger charge is 2.34. The Bertz CT molecular complexity index is 2920. The highest BCUT2D eigenvalue weighted by atomic mass is 32.1. The molecular weight excluding hydrogens is 717 g/mol. The van der Waals surface area contributed by atoms with Crippen LogP contribution in [0.2, 0.25) is 0 Å². The molecule has 11 rings (SSSR count). The molecule has 2 atom stereocenters. The van der Waals surface area contributed by atoms with Gasteiger partial charge in [-0.2, -0.15) is 0 Å². The second-order valence-electron chi connectivity index (χ2n) is 14.8. The van der Waals surface area contributed by atoms with Gasteiger partial charge in [0.1, 0.15) is 0 Å². The highest BCUT2D eigenvalue weighted by Crippen LogP contribution is 2.50. The predicted octanol–water partition coefficient (Wildman–Crippen LogP) is 15.0. The van der Waals surface area contributed by atoms with E-state index in [0.717, 1.165) is 12.8 Å². The van der Waals surface area contributed by atoms with Crippen LogP contribution in [0, 0.1) is 0 Å². The molecule has 4 heteroatoms. The zero-order chi connectivity index (χ0) is 37.0. The fraction of sp³-hybridized carbons (Fsp3) is 0.0769. The minimum absolute atomic E-state index is 0.135. The van der Waals surface area contributed by atoms with Gasteiger partial charge in [-0.3, -0.25) is 0 Å². The SMILES string of the molecule is C1=Cc2c(sc3c2CC(N(c2ccccc2)c2cc4ccccc4c4sc5ccccc5c24)C=C3)C(N(c2ccccc2)c2ccc(-c3ccccc3)cc2)C1. The third kappa shape index (κ3) is 5.59. The van der Waals surface area contributed by atoms with E-state index in [2.05, 4.69) is 204 Å². The van der Waals surface area contributed by atoms with Crippen molar-refractivity contribution in [2.75, 3.05) is 9.80 Å². The molecule has 7 aromatic carbocycles. The lowest BCUT2D eigenvalue weighted by atomic mass is 9.89. The Balaban J connectivity index is 1.02. The molecule has 268 valence electrons. The summed E-state index contributed by atoms with van der Waals surface area (Å²) < 4.78 is 2.69. The highest BCUT2D eigenvalue weighted by molar-refractivity contribution is 7.26. The van der Waals surface area contributed by atoms with Crippen LogP contribution < -0.4 is 9.80 Å². The molecule has 2 nitrogen and oxygen atoms in total. The topological polar surface area (TPSA) is 6.48 Å². The third-order valence-corrected chi connectivity index (χ3v) is 14.0. The van der Waals surface area contributed by atoms with Crippen LogP contribution in [0.1, 0.15) is 33.3 Å². The monoisotopic (exact) mass is 754 g/mol. The summed E-state index contributed by atoms with van der Waals surface area (Å²) in [4.78, 5) is 8.01. The molecule has 2 aliphatic carbocycles. The van der Waals surface area contributed by atoms with Crippen molar-refractivity contribution >= 4 is 88.5 Å². The molecule has 2 heterocycles. The lowest BCUT2D eigenvalue weighted by Crippen LogP contribution is -2.33. The number of hydrogen-bond donors (Lipinski definition) is 0. The second kappa shape index (κ2) is 13.8. The van der Waals surface area contributed by atoms with Crippen molar-refractivity contribution in [3.63, 3.8) is 0 Å². The van der Waals surface area contributed by atoms with Gasteiger partial charge in [0.15, 0.2) is 0 Å². The van der Waals surface area contributed by atoms with Gasteiger partial charge < -0.3 is 9.80 Å². The second-order valence-corrected chi connectivity index (χ2v) is 16.9. The van der Waals surface area contributed by atoms with Gasteiger partial charge >= 0.3 is 0 Å². The van der Waals surface area contributed by atoms with E-state index in [1.807, 2.05) is 22.7 Å². The van der Waals surface area contributed by atoms with E-state index in [9.17, 15) is 0 Å². The van der Waals surface area contributed by atoms with Gasteiger partial charge in [0.25, 0.3) is 0 Å². The van der Waals surface area contributed by atoms with Gasteiger partial charge in [-0.25, -0.2) is 0 Å². The maximum absolute atomic E-state index is 2.62. The van der Waals surface area contributed by atoms with Crippen molar-refractivity contribution in [3.8, 4) is 11.1 Å². The molecule has 0 fully saturated rings. The van der Waals surface area contributed by atoms with E-state index in [4.69, 9.17) is 0 Å². The van der Waals surface area contributed by atoms with E-state index in [0.29, 0.717) is 0 Å². The zero-order valence-electron chi connectivity index (χ0n) is 30.8. The normalized spacial score (nSPS) is 15.9. The molecule has 2 aromatic heterocycles. The Labute approximate surface area is 335 Å². The summed E-state index contributed by atoms with van der Waals surface area (Å²) in [5.41, 5.74) is 10.2. The molecule has 0 saturated carbocycles. The van der Waals surface area contributed by atoms with Crippen LogP contribution in [0.25, 0.3) is 54.2 Å². The first-order valence-electron chi connectivity index (χ1n) is 19.5. The van der Waals surface area contributed by atoms with Crippen molar-refractivity contribution in [1.82, 2.24) is 0 Å². The molecule has 9 aromatic rings. The lowest BCUT2D eigenvalue weighted by molar-refractivity contribution is 0.712. The van der Waals surface area contributed by atoms with Gasteiger partial charge in [0.2, 0.25) is 0 Å². The zero-order valence-corrected chi connectivity index (χ0v) is 32.4. The minimum atomic E-state index is 0.135. The van der Waals surface area contributed by atoms with Gasteiger partial charge in [-0.1, -0.05) is 140 Å². The molecule has 56 heavy (non-hydrogen) atoms. The van der Waals surface area contributed by atoms with Crippen molar-refractivity contribution in [2.45, 2.75) is 24.9 Å². The van der Waals surface area contributed by atoms with Crippen LogP contribution in [0.3, 0.4) is 0 Å². The van der Waals surface area contributed by atoms with Crippen LogP contribution in [0.5, 0.6) is 0 Å². The summed E-state index contributed by atoms with van der Waals surface area (Å²) in [6.45, 7) is 0. The smallest absolute Gasteiger partial charge is 0.0724 e. The van der Waals surface area contributed by atoms with Gasteiger partial charge in [-0.15, -0.1) is 22.7 Å². The van der Waals surface area contributed by atoms with Crippen LogP contribution in [-0.2, 0) is 6.42 Å². The molecule has 0 N–H and O–H groups in total. The molecule has 2 unspecified atom stereocenters. The summed E-state index contributed by atoms with van der Waals surface area (Å²) in [6.07, 6.45) is 11.6. The van der Waals surface area contributed by atoms with Crippen LogP contribution >= 0.6 is 22.7 Å². The van der Waals surface area contributed by atoms with E-state index in [1.54, 1.807) is 0 Å². The number of nitrogens with zero attached hydrogens (tertiary/aromatic N) is 2. The first kappa shape index (κ1) is 33.2. The third-order valence-electron chi connectivity index (χ3n) is 11.5. The van der Waals surface area contributed by atoms with Crippen LogP contribution in [0.4, 0.5) is 22.7 Å². The number of hydrogen-bond acceptors (Lipinski definition) is 4. The van der Waals surface area contributed by atoms with Crippen molar-refractivity contribution in [1.29, 1.82) is 0 Å². The summed E-state index contributed by atoms with van der Waals surface area (Å²) in [5, 5.41) is 5.27. The first-order valence-corrected chi connectivity index (χ1v) is 21.1. The van der Waals surface area contributed by atoms with Gasteiger partial charge in [0, 0.05) is 47.0 Å². The average Bonchev–Trinajstić information content (AvgIpc) is 3.85. The average molecular weight is 755 g/mol. The molecule has 0 amide bonds. The van der Waals surface area contributed by atoms with Crippen molar-refractivity contribution in [3.05, 3.63) is 203 Å². The molecule has 0 spiro atoms. The van der Waals surface area contributed by atoms with E-state index in [-0.39, 0.29) is 12.1 Å². The fourth-order valence-electron chi connectivity index (χ4n) is 8.96. The Morgan fingerprint density at radius 1 is 0.536 bits per heavy atom. The maximum Gasteiger partial charge on any atom is 0.0724 e.